The third-order valence-electron chi connectivity index (χ3n) is 3.38. The quantitative estimate of drug-likeness (QED) is 0.734. The van der Waals surface area contributed by atoms with Crippen LogP contribution in [0.1, 0.15) is 48.7 Å². The average Bonchev–Trinajstić information content (AvgIpc) is 2.72. The van der Waals surface area contributed by atoms with Gasteiger partial charge in [-0.25, -0.2) is 0 Å². The molecule has 1 aromatic heterocycles. The highest BCUT2D eigenvalue weighted by Crippen LogP contribution is 2.32. The van der Waals surface area contributed by atoms with E-state index in [1.165, 1.54) is 11.3 Å². The van der Waals surface area contributed by atoms with Crippen LogP contribution in [-0.2, 0) is 0 Å². The molecule has 2 rings (SSSR count). The van der Waals surface area contributed by atoms with E-state index in [2.05, 4.69) is 5.32 Å². The molecule has 0 aliphatic heterocycles. The summed E-state index contributed by atoms with van der Waals surface area (Å²) in [6.07, 6.45) is 3.97. The van der Waals surface area contributed by atoms with Gasteiger partial charge in [-0.1, -0.05) is 6.92 Å². The molecular formula is C13H20N2O2S. The van der Waals surface area contributed by atoms with Crippen molar-refractivity contribution in [1.29, 1.82) is 0 Å². The lowest BCUT2D eigenvalue weighted by molar-refractivity contribution is 0.0993. The molecule has 1 aliphatic carbocycles. The smallest absolute Gasteiger partial charge is 0.174 e. The van der Waals surface area contributed by atoms with Crippen molar-refractivity contribution in [3.63, 3.8) is 0 Å². The Labute approximate surface area is 111 Å². The molecule has 5 heteroatoms. The van der Waals surface area contributed by atoms with Gasteiger partial charge in [0, 0.05) is 12.5 Å². The fourth-order valence-electron chi connectivity index (χ4n) is 2.28. The van der Waals surface area contributed by atoms with Crippen molar-refractivity contribution in [2.24, 2.45) is 0 Å². The molecule has 1 aliphatic rings. The van der Waals surface area contributed by atoms with Gasteiger partial charge in [-0.2, -0.15) is 0 Å². The molecule has 0 saturated heterocycles. The number of carbonyl (C=O) groups excluding carboxylic acids is 1. The standard InChI is InChI=1S/C13H20N2O2S/c1-2-11(17)13-10(14)7-12(18-13)15-8-3-5-9(16)6-4-8/h7-9,15-16H,2-6,14H2,1H3. The predicted molar refractivity (Wildman–Crippen MR) is 75.2 cm³/mol. The Morgan fingerprint density at radius 1 is 1.50 bits per heavy atom. The van der Waals surface area contributed by atoms with Crippen LogP contribution in [0, 0.1) is 0 Å². The SMILES string of the molecule is CCC(=O)c1sc(NC2CCC(O)CC2)cc1N. The number of rotatable bonds is 4. The van der Waals surface area contributed by atoms with E-state index in [1.54, 1.807) is 0 Å². The lowest BCUT2D eigenvalue weighted by Gasteiger charge is -2.26. The number of hydrogen-bond donors (Lipinski definition) is 3. The van der Waals surface area contributed by atoms with Gasteiger partial charge in [0.05, 0.1) is 21.7 Å². The molecule has 18 heavy (non-hydrogen) atoms. The Morgan fingerprint density at radius 3 is 2.78 bits per heavy atom. The minimum atomic E-state index is -0.145. The molecule has 1 saturated carbocycles. The molecule has 100 valence electrons. The first-order valence-electron chi connectivity index (χ1n) is 6.47. The number of carbonyl (C=O) groups is 1. The topological polar surface area (TPSA) is 75.3 Å². The maximum absolute atomic E-state index is 11.7. The number of Topliss-reactive ketones (excluding diaryl/α,β-unsaturated/α-hetero) is 1. The number of nitrogen functional groups attached to an aromatic ring is 1. The molecule has 0 spiro atoms. The summed E-state index contributed by atoms with van der Waals surface area (Å²) in [5, 5.41) is 13.8. The second kappa shape index (κ2) is 5.71. The summed E-state index contributed by atoms with van der Waals surface area (Å²) < 4.78 is 0. The van der Waals surface area contributed by atoms with E-state index >= 15 is 0 Å². The van der Waals surface area contributed by atoms with E-state index in [4.69, 9.17) is 5.73 Å². The van der Waals surface area contributed by atoms with Gasteiger partial charge in [0.15, 0.2) is 5.78 Å². The number of hydrogen-bond acceptors (Lipinski definition) is 5. The average molecular weight is 268 g/mol. The van der Waals surface area contributed by atoms with Crippen LogP contribution in [0.5, 0.6) is 0 Å². The zero-order chi connectivity index (χ0) is 13.1. The largest absolute Gasteiger partial charge is 0.397 e. The number of anilines is 2. The van der Waals surface area contributed by atoms with Crippen LogP contribution in [0.3, 0.4) is 0 Å². The first-order valence-corrected chi connectivity index (χ1v) is 7.29. The van der Waals surface area contributed by atoms with Crippen LogP contribution >= 0.6 is 11.3 Å². The van der Waals surface area contributed by atoms with E-state index in [1.807, 2.05) is 13.0 Å². The fraction of sp³-hybridized carbons (Fsp3) is 0.615. The van der Waals surface area contributed by atoms with Gasteiger partial charge in [-0.15, -0.1) is 11.3 Å². The van der Waals surface area contributed by atoms with E-state index in [0.29, 0.717) is 23.0 Å². The second-order valence-corrected chi connectivity index (χ2v) is 5.87. The molecule has 1 aromatic rings. The number of nitrogens with two attached hydrogens (primary N) is 1. The molecule has 1 heterocycles. The van der Waals surface area contributed by atoms with Crippen molar-refractivity contribution in [3.8, 4) is 0 Å². The van der Waals surface area contributed by atoms with Crippen LogP contribution in [0.4, 0.5) is 10.7 Å². The Balaban J connectivity index is 2.00. The molecule has 0 unspecified atom stereocenters. The summed E-state index contributed by atoms with van der Waals surface area (Å²) in [6, 6.07) is 2.23. The molecule has 0 amide bonds. The third-order valence-corrected chi connectivity index (χ3v) is 4.50. The minimum Gasteiger partial charge on any atom is -0.397 e. The second-order valence-electron chi connectivity index (χ2n) is 4.82. The Bertz CT molecular complexity index is 423. The van der Waals surface area contributed by atoms with E-state index < -0.39 is 0 Å². The zero-order valence-corrected chi connectivity index (χ0v) is 11.4. The van der Waals surface area contributed by atoms with Crippen LogP contribution in [0.2, 0.25) is 0 Å². The lowest BCUT2D eigenvalue weighted by Crippen LogP contribution is -2.27. The van der Waals surface area contributed by atoms with Gasteiger partial charge >= 0.3 is 0 Å². The monoisotopic (exact) mass is 268 g/mol. The van der Waals surface area contributed by atoms with Gasteiger partial charge in [0.1, 0.15) is 0 Å². The molecular weight excluding hydrogens is 248 g/mol. The normalized spacial score (nSPS) is 23.9. The van der Waals surface area contributed by atoms with Gasteiger partial charge < -0.3 is 16.2 Å². The Morgan fingerprint density at radius 2 is 2.17 bits per heavy atom. The fourth-order valence-corrected chi connectivity index (χ4v) is 3.34. The Hall–Kier alpha value is -1.07. The van der Waals surface area contributed by atoms with Crippen molar-refractivity contribution in [3.05, 3.63) is 10.9 Å². The summed E-state index contributed by atoms with van der Waals surface area (Å²) in [4.78, 5) is 12.3. The highest BCUT2D eigenvalue weighted by Gasteiger charge is 2.20. The highest BCUT2D eigenvalue weighted by atomic mass is 32.1. The lowest BCUT2D eigenvalue weighted by atomic mass is 9.93. The first-order chi connectivity index (χ1) is 8.60. The molecule has 0 aromatic carbocycles. The molecule has 0 atom stereocenters. The van der Waals surface area contributed by atoms with Crippen LogP contribution in [0.25, 0.3) is 0 Å². The zero-order valence-electron chi connectivity index (χ0n) is 10.6. The minimum absolute atomic E-state index is 0.101. The van der Waals surface area contributed by atoms with Gasteiger partial charge in [0.2, 0.25) is 0 Å². The van der Waals surface area contributed by atoms with Crippen molar-refractivity contribution in [1.82, 2.24) is 0 Å². The van der Waals surface area contributed by atoms with E-state index in [0.717, 1.165) is 30.7 Å². The van der Waals surface area contributed by atoms with Gasteiger partial charge in [-0.3, -0.25) is 4.79 Å². The summed E-state index contributed by atoms with van der Waals surface area (Å²) in [5.41, 5.74) is 6.43. The number of aliphatic hydroxyl groups excluding tert-OH is 1. The number of thiophene rings is 1. The summed E-state index contributed by atoms with van der Waals surface area (Å²) >= 11 is 1.44. The van der Waals surface area contributed by atoms with Crippen molar-refractivity contribution in [2.45, 2.75) is 51.2 Å². The maximum atomic E-state index is 11.7. The molecule has 1 fully saturated rings. The summed E-state index contributed by atoms with van der Waals surface area (Å²) in [7, 11) is 0. The maximum Gasteiger partial charge on any atom is 0.174 e. The summed E-state index contributed by atoms with van der Waals surface area (Å²) in [6.45, 7) is 1.84. The predicted octanol–water partition coefficient (Wildman–Crippen LogP) is 2.64. The van der Waals surface area contributed by atoms with Crippen molar-refractivity contribution < 1.29 is 9.90 Å². The van der Waals surface area contributed by atoms with E-state index in [-0.39, 0.29) is 11.9 Å². The van der Waals surface area contributed by atoms with Crippen molar-refractivity contribution >= 4 is 27.8 Å². The number of aliphatic hydroxyl groups is 1. The first kappa shape index (κ1) is 13.4. The summed E-state index contributed by atoms with van der Waals surface area (Å²) in [5.74, 6) is 0.101. The van der Waals surface area contributed by atoms with E-state index in [9.17, 15) is 9.90 Å². The third kappa shape index (κ3) is 3.03. The Kier molecular flexibility index (Phi) is 4.24. The van der Waals surface area contributed by atoms with Crippen LogP contribution in [0.15, 0.2) is 6.07 Å². The van der Waals surface area contributed by atoms with Crippen LogP contribution in [-0.4, -0.2) is 23.0 Å². The molecule has 4 N–H and O–H groups in total. The molecule has 0 bridgehead atoms. The van der Waals surface area contributed by atoms with Gasteiger partial charge in [-0.05, 0) is 31.7 Å². The molecule has 0 radical (unpaired) electrons. The molecule has 4 nitrogen and oxygen atoms in total. The van der Waals surface area contributed by atoms with Crippen molar-refractivity contribution in [2.75, 3.05) is 11.1 Å². The highest BCUT2D eigenvalue weighted by molar-refractivity contribution is 7.18. The van der Waals surface area contributed by atoms with Gasteiger partial charge in [0.25, 0.3) is 0 Å². The van der Waals surface area contributed by atoms with Crippen LogP contribution < -0.4 is 11.1 Å². The number of ketones is 1. The number of nitrogens with one attached hydrogen (secondary N) is 1.